The molecule has 0 saturated carbocycles. The normalized spacial score (nSPS) is 13.1. The van der Waals surface area contributed by atoms with Crippen molar-refractivity contribution in [3.8, 4) is 0 Å². The van der Waals surface area contributed by atoms with Crippen LogP contribution in [0.1, 0.15) is 19.5 Å². The van der Waals surface area contributed by atoms with Gasteiger partial charge in [-0.1, -0.05) is 13.8 Å². The van der Waals surface area contributed by atoms with Crippen molar-refractivity contribution < 1.29 is 0 Å². The number of aromatic nitrogens is 2. The average Bonchev–Trinajstić information content (AvgIpc) is 2.23. The molecule has 0 radical (unpaired) electrons. The molecule has 0 bridgehead atoms. The van der Waals surface area contributed by atoms with E-state index in [1.165, 1.54) is 0 Å². The molecule has 0 spiro atoms. The third kappa shape index (κ3) is 3.99. The Morgan fingerprint density at radius 1 is 1.33 bits per heavy atom. The summed E-state index contributed by atoms with van der Waals surface area (Å²) in [6, 6.07) is 0.257. The Morgan fingerprint density at radius 3 is 2.44 bits per heavy atom. The standard InChI is InChI=1S/C12H22ClN5/c1-7(2)9(6-18(4)5)16-11-10(14)8(3)15-12(13)17-11/h7,9H,6,14H2,1-5H3,(H,15,16,17). The maximum absolute atomic E-state index is 5.97. The molecule has 6 heteroatoms. The highest BCUT2D eigenvalue weighted by atomic mass is 35.5. The summed E-state index contributed by atoms with van der Waals surface area (Å²) in [5, 5.41) is 3.58. The highest BCUT2D eigenvalue weighted by Gasteiger charge is 2.17. The highest BCUT2D eigenvalue weighted by molar-refractivity contribution is 6.28. The summed E-state index contributed by atoms with van der Waals surface area (Å²) in [4.78, 5) is 10.3. The molecular weight excluding hydrogens is 250 g/mol. The summed E-state index contributed by atoms with van der Waals surface area (Å²) in [5.41, 5.74) is 7.23. The van der Waals surface area contributed by atoms with Crippen LogP contribution in [-0.4, -0.2) is 41.5 Å². The second-order valence-corrected chi connectivity index (χ2v) is 5.44. The maximum atomic E-state index is 5.97. The summed E-state index contributed by atoms with van der Waals surface area (Å²) in [5.74, 6) is 1.08. The average molecular weight is 272 g/mol. The minimum atomic E-state index is 0.219. The van der Waals surface area contributed by atoms with E-state index in [1.807, 2.05) is 21.0 Å². The highest BCUT2D eigenvalue weighted by Crippen LogP contribution is 2.22. The lowest BCUT2D eigenvalue weighted by atomic mass is 10.0. The zero-order valence-electron chi connectivity index (χ0n) is 11.7. The first-order valence-corrected chi connectivity index (χ1v) is 6.40. The molecule has 0 aliphatic heterocycles. The van der Waals surface area contributed by atoms with E-state index in [9.17, 15) is 0 Å². The van der Waals surface area contributed by atoms with Gasteiger partial charge < -0.3 is 16.0 Å². The number of hydrogen-bond acceptors (Lipinski definition) is 5. The van der Waals surface area contributed by atoms with Crippen LogP contribution in [0.25, 0.3) is 0 Å². The molecule has 3 N–H and O–H groups in total. The van der Waals surface area contributed by atoms with Crippen molar-refractivity contribution in [3.63, 3.8) is 0 Å². The van der Waals surface area contributed by atoms with E-state index in [1.54, 1.807) is 0 Å². The Balaban J connectivity index is 2.93. The molecule has 0 fully saturated rings. The topological polar surface area (TPSA) is 67.1 Å². The van der Waals surface area contributed by atoms with Gasteiger partial charge in [-0.3, -0.25) is 0 Å². The van der Waals surface area contributed by atoms with Crippen LogP contribution in [0.5, 0.6) is 0 Å². The van der Waals surface area contributed by atoms with Gasteiger partial charge in [0, 0.05) is 12.6 Å². The maximum Gasteiger partial charge on any atom is 0.224 e. The number of nitrogens with one attached hydrogen (secondary N) is 1. The SMILES string of the molecule is Cc1nc(Cl)nc(NC(CN(C)C)C(C)C)c1N. The molecule has 1 aromatic heterocycles. The summed E-state index contributed by atoms with van der Waals surface area (Å²) in [7, 11) is 4.08. The Labute approximate surface area is 114 Å². The summed E-state index contributed by atoms with van der Waals surface area (Å²) in [6.45, 7) is 7.04. The van der Waals surface area contributed by atoms with Gasteiger partial charge in [-0.25, -0.2) is 4.98 Å². The number of anilines is 2. The van der Waals surface area contributed by atoms with E-state index >= 15 is 0 Å². The molecule has 1 aromatic rings. The van der Waals surface area contributed by atoms with Gasteiger partial charge in [0.2, 0.25) is 5.28 Å². The Kier molecular flexibility index (Phi) is 5.16. The molecule has 0 aromatic carbocycles. The predicted octanol–water partition coefficient (Wildman–Crippen LogP) is 2.02. The molecule has 0 aliphatic rings. The van der Waals surface area contributed by atoms with Gasteiger partial charge in [-0.2, -0.15) is 4.98 Å². The zero-order valence-corrected chi connectivity index (χ0v) is 12.4. The molecule has 0 amide bonds. The first kappa shape index (κ1) is 15.0. The number of nitrogen functional groups attached to an aromatic ring is 1. The number of halogens is 1. The lowest BCUT2D eigenvalue weighted by molar-refractivity contribution is 0.344. The lowest BCUT2D eigenvalue weighted by Crippen LogP contribution is -2.37. The zero-order chi connectivity index (χ0) is 13.9. The monoisotopic (exact) mass is 271 g/mol. The van der Waals surface area contributed by atoms with Crippen molar-refractivity contribution in [2.24, 2.45) is 5.92 Å². The van der Waals surface area contributed by atoms with E-state index in [0.29, 0.717) is 23.1 Å². The molecule has 1 rings (SSSR count). The van der Waals surface area contributed by atoms with E-state index in [0.717, 1.165) is 6.54 Å². The number of nitrogens with zero attached hydrogens (tertiary/aromatic N) is 3. The van der Waals surface area contributed by atoms with Gasteiger partial charge >= 0.3 is 0 Å². The molecular formula is C12H22ClN5. The number of aryl methyl sites for hydroxylation is 1. The minimum Gasteiger partial charge on any atom is -0.394 e. The van der Waals surface area contributed by atoms with Gasteiger partial charge in [-0.15, -0.1) is 0 Å². The third-order valence-electron chi connectivity index (χ3n) is 2.80. The van der Waals surface area contributed by atoms with Crippen molar-refractivity contribution >= 4 is 23.1 Å². The molecule has 1 heterocycles. The second kappa shape index (κ2) is 6.20. The first-order chi connectivity index (χ1) is 8.31. The van der Waals surface area contributed by atoms with E-state index in [-0.39, 0.29) is 11.3 Å². The molecule has 102 valence electrons. The van der Waals surface area contributed by atoms with Crippen molar-refractivity contribution in [3.05, 3.63) is 11.0 Å². The van der Waals surface area contributed by atoms with Crippen molar-refractivity contribution in [2.75, 3.05) is 31.7 Å². The molecule has 0 aliphatic carbocycles. The Bertz CT molecular complexity index is 406. The predicted molar refractivity (Wildman–Crippen MR) is 77.0 cm³/mol. The van der Waals surface area contributed by atoms with E-state index < -0.39 is 0 Å². The smallest absolute Gasteiger partial charge is 0.224 e. The van der Waals surface area contributed by atoms with E-state index in [2.05, 4.69) is 34.0 Å². The number of hydrogen-bond donors (Lipinski definition) is 2. The fraction of sp³-hybridized carbons (Fsp3) is 0.667. The third-order valence-corrected chi connectivity index (χ3v) is 2.97. The van der Waals surface area contributed by atoms with Gasteiger partial charge in [0.15, 0.2) is 5.82 Å². The molecule has 1 unspecified atom stereocenters. The second-order valence-electron chi connectivity index (χ2n) is 5.10. The fourth-order valence-corrected chi connectivity index (χ4v) is 1.86. The summed E-state index contributed by atoms with van der Waals surface area (Å²) < 4.78 is 0. The van der Waals surface area contributed by atoms with Crippen molar-refractivity contribution in [2.45, 2.75) is 26.8 Å². The lowest BCUT2D eigenvalue weighted by Gasteiger charge is -2.26. The fourth-order valence-electron chi connectivity index (χ4n) is 1.65. The molecule has 5 nitrogen and oxygen atoms in total. The first-order valence-electron chi connectivity index (χ1n) is 6.02. The van der Waals surface area contributed by atoms with Crippen LogP contribution >= 0.6 is 11.6 Å². The van der Waals surface area contributed by atoms with Crippen molar-refractivity contribution in [1.82, 2.24) is 14.9 Å². The van der Waals surface area contributed by atoms with Crippen LogP contribution in [0, 0.1) is 12.8 Å². The Hall–Kier alpha value is -1.07. The van der Waals surface area contributed by atoms with Crippen LogP contribution in [0.2, 0.25) is 5.28 Å². The summed E-state index contributed by atoms with van der Waals surface area (Å²) in [6.07, 6.45) is 0. The van der Waals surface area contributed by atoms with Gasteiger partial charge in [-0.05, 0) is 38.5 Å². The van der Waals surface area contributed by atoms with Crippen LogP contribution in [-0.2, 0) is 0 Å². The van der Waals surface area contributed by atoms with E-state index in [4.69, 9.17) is 17.3 Å². The van der Waals surface area contributed by atoms with Crippen molar-refractivity contribution in [1.29, 1.82) is 0 Å². The quantitative estimate of drug-likeness (QED) is 0.802. The van der Waals surface area contributed by atoms with Crippen LogP contribution < -0.4 is 11.1 Å². The summed E-state index contributed by atoms with van der Waals surface area (Å²) >= 11 is 5.86. The number of nitrogens with two attached hydrogens (primary N) is 1. The van der Waals surface area contributed by atoms with Crippen LogP contribution in [0.4, 0.5) is 11.5 Å². The largest absolute Gasteiger partial charge is 0.394 e. The molecule has 0 saturated heterocycles. The molecule has 1 atom stereocenters. The van der Waals surface area contributed by atoms with Crippen LogP contribution in [0.15, 0.2) is 0 Å². The number of rotatable bonds is 5. The Morgan fingerprint density at radius 2 is 1.94 bits per heavy atom. The molecule has 18 heavy (non-hydrogen) atoms. The number of likely N-dealkylation sites (N-methyl/N-ethyl adjacent to an activating group) is 1. The van der Waals surface area contributed by atoms with Gasteiger partial charge in [0.1, 0.15) is 0 Å². The van der Waals surface area contributed by atoms with Gasteiger partial charge in [0.05, 0.1) is 11.4 Å². The van der Waals surface area contributed by atoms with Gasteiger partial charge in [0.25, 0.3) is 0 Å². The minimum absolute atomic E-state index is 0.219. The van der Waals surface area contributed by atoms with Crippen LogP contribution in [0.3, 0.4) is 0 Å².